The van der Waals surface area contributed by atoms with Gasteiger partial charge in [0.05, 0.1) is 11.7 Å². The fourth-order valence-corrected chi connectivity index (χ4v) is 3.04. The molecule has 0 unspecified atom stereocenters. The minimum atomic E-state index is -0.151. The van der Waals surface area contributed by atoms with Gasteiger partial charge in [-0.05, 0) is 31.4 Å². The highest BCUT2D eigenvalue weighted by molar-refractivity contribution is 5.51. The maximum atomic E-state index is 6.05. The van der Waals surface area contributed by atoms with Crippen molar-refractivity contribution in [2.75, 3.05) is 6.54 Å². The normalized spacial score (nSPS) is 18.9. The highest BCUT2D eigenvalue weighted by Gasteiger charge is 2.37. The van der Waals surface area contributed by atoms with Gasteiger partial charge in [-0.2, -0.15) is 4.98 Å². The van der Waals surface area contributed by atoms with Crippen LogP contribution >= 0.6 is 0 Å². The SMILES string of the molecule is Cc1ccoc1-c1noc(C2(CN)CCCCCC2)n1. The topological polar surface area (TPSA) is 78.1 Å². The molecule has 0 aromatic carbocycles. The molecule has 5 nitrogen and oxygen atoms in total. The van der Waals surface area contributed by atoms with E-state index in [4.69, 9.17) is 14.7 Å². The van der Waals surface area contributed by atoms with E-state index in [0.29, 0.717) is 24.0 Å². The Morgan fingerprint density at radius 2 is 2.00 bits per heavy atom. The zero-order chi connectivity index (χ0) is 14.0. The smallest absolute Gasteiger partial charge is 0.238 e. The Bertz CT molecular complexity index is 565. The van der Waals surface area contributed by atoms with Gasteiger partial charge in [-0.15, -0.1) is 0 Å². The van der Waals surface area contributed by atoms with Crippen LogP contribution in [0.4, 0.5) is 0 Å². The molecule has 0 atom stereocenters. The third-order valence-electron chi connectivity index (χ3n) is 4.40. The molecule has 1 fully saturated rings. The second kappa shape index (κ2) is 5.40. The van der Waals surface area contributed by atoms with E-state index in [9.17, 15) is 0 Å². The molecule has 2 N–H and O–H groups in total. The summed E-state index contributed by atoms with van der Waals surface area (Å²) in [6, 6.07) is 1.90. The Morgan fingerprint density at radius 3 is 2.60 bits per heavy atom. The molecule has 2 aromatic rings. The Kier molecular flexibility index (Phi) is 3.61. The van der Waals surface area contributed by atoms with Crippen molar-refractivity contribution in [3.05, 3.63) is 23.8 Å². The largest absolute Gasteiger partial charge is 0.461 e. The van der Waals surface area contributed by atoms with Crippen LogP contribution < -0.4 is 5.73 Å². The maximum Gasteiger partial charge on any atom is 0.238 e. The first kappa shape index (κ1) is 13.4. The van der Waals surface area contributed by atoms with Crippen molar-refractivity contribution in [2.45, 2.75) is 50.9 Å². The summed E-state index contributed by atoms with van der Waals surface area (Å²) >= 11 is 0. The number of aryl methyl sites for hydroxylation is 1. The molecule has 5 heteroatoms. The number of hydrogen-bond acceptors (Lipinski definition) is 5. The third-order valence-corrected chi connectivity index (χ3v) is 4.40. The zero-order valence-corrected chi connectivity index (χ0v) is 11.9. The van der Waals surface area contributed by atoms with Crippen molar-refractivity contribution in [3.8, 4) is 11.6 Å². The summed E-state index contributed by atoms with van der Waals surface area (Å²) in [5, 5.41) is 4.08. The number of rotatable bonds is 3. The molecule has 3 rings (SSSR count). The van der Waals surface area contributed by atoms with E-state index in [1.54, 1.807) is 6.26 Å². The second-order valence-electron chi connectivity index (χ2n) is 5.75. The van der Waals surface area contributed by atoms with Crippen LogP contribution in [-0.2, 0) is 5.41 Å². The first-order valence-corrected chi connectivity index (χ1v) is 7.34. The Labute approximate surface area is 118 Å². The van der Waals surface area contributed by atoms with Crippen molar-refractivity contribution in [3.63, 3.8) is 0 Å². The van der Waals surface area contributed by atoms with Gasteiger partial charge >= 0.3 is 0 Å². The lowest BCUT2D eigenvalue weighted by Gasteiger charge is -2.26. The van der Waals surface area contributed by atoms with Gasteiger partial charge in [0.25, 0.3) is 0 Å². The van der Waals surface area contributed by atoms with E-state index < -0.39 is 0 Å². The first-order valence-electron chi connectivity index (χ1n) is 7.34. The summed E-state index contributed by atoms with van der Waals surface area (Å²) in [5.41, 5.74) is 6.91. The molecular formula is C15H21N3O2. The monoisotopic (exact) mass is 275 g/mol. The van der Waals surface area contributed by atoms with E-state index in [2.05, 4.69) is 10.1 Å². The molecule has 1 aliphatic rings. The van der Waals surface area contributed by atoms with Gasteiger partial charge in [0.1, 0.15) is 0 Å². The molecule has 0 saturated heterocycles. The highest BCUT2D eigenvalue weighted by atomic mass is 16.5. The Balaban J connectivity index is 1.93. The van der Waals surface area contributed by atoms with Gasteiger partial charge in [0, 0.05) is 6.54 Å². The summed E-state index contributed by atoms with van der Waals surface area (Å²) in [5.74, 6) is 1.88. The van der Waals surface area contributed by atoms with Crippen molar-refractivity contribution in [2.24, 2.45) is 5.73 Å². The molecule has 0 bridgehead atoms. The molecule has 0 aliphatic heterocycles. The van der Waals surface area contributed by atoms with Crippen LogP contribution in [0.5, 0.6) is 0 Å². The van der Waals surface area contributed by atoms with E-state index >= 15 is 0 Å². The number of hydrogen-bond donors (Lipinski definition) is 1. The summed E-state index contributed by atoms with van der Waals surface area (Å²) in [7, 11) is 0. The van der Waals surface area contributed by atoms with E-state index in [0.717, 1.165) is 18.4 Å². The lowest BCUT2D eigenvalue weighted by Crippen LogP contribution is -2.35. The van der Waals surface area contributed by atoms with Gasteiger partial charge in [-0.1, -0.05) is 30.8 Å². The lowest BCUT2D eigenvalue weighted by atomic mass is 9.80. The molecule has 2 heterocycles. The molecule has 2 aromatic heterocycles. The molecule has 108 valence electrons. The van der Waals surface area contributed by atoms with Crippen LogP contribution in [0, 0.1) is 6.92 Å². The van der Waals surface area contributed by atoms with Crippen LogP contribution in [0.15, 0.2) is 21.3 Å². The fraction of sp³-hybridized carbons (Fsp3) is 0.600. The van der Waals surface area contributed by atoms with Gasteiger partial charge < -0.3 is 14.7 Å². The fourth-order valence-electron chi connectivity index (χ4n) is 3.04. The molecule has 1 aliphatic carbocycles. The Hall–Kier alpha value is -1.62. The molecule has 1 saturated carbocycles. The van der Waals surface area contributed by atoms with Gasteiger partial charge in [0.15, 0.2) is 5.76 Å². The average Bonchev–Trinajstić information content (AvgIpc) is 3.03. The predicted octanol–water partition coefficient (Wildman–Crippen LogP) is 3.19. The van der Waals surface area contributed by atoms with Crippen LogP contribution in [-0.4, -0.2) is 16.7 Å². The average molecular weight is 275 g/mol. The molecule has 0 spiro atoms. The van der Waals surface area contributed by atoms with Gasteiger partial charge in [0.2, 0.25) is 11.7 Å². The van der Waals surface area contributed by atoms with Crippen LogP contribution in [0.1, 0.15) is 50.0 Å². The number of aromatic nitrogens is 2. The van der Waals surface area contributed by atoms with Crippen molar-refractivity contribution in [1.29, 1.82) is 0 Å². The van der Waals surface area contributed by atoms with E-state index in [-0.39, 0.29) is 5.41 Å². The van der Waals surface area contributed by atoms with Crippen LogP contribution in [0.3, 0.4) is 0 Å². The van der Waals surface area contributed by atoms with Crippen LogP contribution in [0.2, 0.25) is 0 Å². The molecule has 0 radical (unpaired) electrons. The van der Waals surface area contributed by atoms with Crippen LogP contribution in [0.25, 0.3) is 11.6 Å². The summed E-state index contributed by atoms with van der Waals surface area (Å²) in [6.45, 7) is 2.53. The lowest BCUT2D eigenvalue weighted by molar-refractivity contribution is 0.257. The molecule has 0 amide bonds. The third kappa shape index (κ3) is 2.26. The molecule has 20 heavy (non-hydrogen) atoms. The van der Waals surface area contributed by atoms with E-state index in [1.165, 1.54) is 25.7 Å². The zero-order valence-electron chi connectivity index (χ0n) is 11.9. The minimum absolute atomic E-state index is 0.151. The number of nitrogens with two attached hydrogens (primary N) is 1. The maximum absolute atomic E-state index is 6.05. The Morgan fingerprint density at radius 1 is 1.25 bits per heavy atom. The van der Waals surface area contributed by atoms with Crippen molar-refractivity contribution >= 4 is 0 Å². The number of nitrogens with zero attached hydrogens (tertiary/aromatic N) is 2. The van der Waals surface area contributed by atoms with Gasteiger partial charge in [-0.3, -0.25) is 0 Å². The van der Waals surface area contributed by atoms with Gasteiger partial charge in [-0.25, -0.2) is 0 Å². The standard InChI is InChI=1S/C15H21N3O2/c1-11-6-9-19-12(11)13-17-14(20-18-13)15(10-16)7-4-2-3-5-8-15/h6,9H,2-5,7-8,10,16H2,1H3. The van der Waals surface area contributed by atoms with Crippen molar-refractivity contribution in [1.82, 2.24) is 10.1 Å². The van der Waals surface area contributed by atoms with Crippen molar-refractivity contribution < 1.29 is 8.94 Å². The first-order chi connectivity index (χ1) is 9.75. The quantitative estimate of drug-likeness (QED) is 0.870. The number of furan rings is 1. The van der Waals surface area contributed by atoms with E-state index in [1.807, 2.05) is 13.0 Å². The highest BCUT2D eigenvalue weighted by Crippen LogP contribution is 2.37. The summed E-state index contributed by atoms with van der Waals surface area (Å²) in [6.07, 6.45) is 8.58. The second-order valence-corrected chi connectivity index (χ2v) is 5.75. The predicted molar refractivity (Wildman–Crippen MR) is 75.2 cm³/mol. The summed E-state index contributed by atoms with van der Waals surface area (Å²) in [4.78, 5) is 4.57. The molecular weight excluding hydrogens is 254 g/mol. The summed E-state index contributed by atoms with van der Waals surface area (Å²) < 4.78 is 11.0. The minimum Gasteiger partial charge on any atom is -0.461 e.